The highest BCUT2D eigenvalue weighted by Gasteiger charge is 2.47. The standard InChI is InChI=1S/C64H84N10O8/c1-11-66-38(3)56(76)72-53(63(4,5)6)61(81)73-35-44-32-45(31-30-43(44)33-51(73)59(79)69-49-24-16-20-39-18-12-14-22-47(39)49)67-57(77)41-26-28-42(29-27-41)58(78)68-46-34-52(60(80)70-50-25-17-21-40-19-13-15-23-48(40)50)74(36-46)62(82)54(64(7,8)9)71-55(75)37(2)65-10/h12-15,18-19,22-23,26-32,37-38,46,49-54,65-66H,11,16-17,20-21,24-25,33-36H2,1-10H3,(H,67,77)(H,68,78)(H,69,79)(H,70,80)(H,71,75)(H,72,76)/t37-,38-,46-,49+,50+,51-,52-,53+,54?/m0/s1. The molecule has 4 aromatic rings. The van der Waals surface area contributed by atoms with E-state index in [1.165, 1.54) is 28.2 Å². The number of carbonyl (C=O) groups is 8. The monoisotopic (exact) mass is 1120 g/mol. The van der Waals surface area contributed by atoms with Crippen molar-refractivity contribution in [3.63, 3.8) is 0 Å². The van der Waals surface area contributed by atoms with E-state index in [2.05, 4.69) is 54.7 Å². The Morgan fingerprint density at radius 2 is 1.10 bits per heavy atom. The molecule has 8 rings (SSSR count). The molecule has 8 N–H and O–H groups in total. The Kier molecular flexibility index (Phi) is 19.1. The lowest BCUT2D eigenvalue weighted by Crippen LogP contribution is -2.62. The van der Waals surface area contributed by atoms with Gasteiger partial charge in [-0.2, -0.15) is 0 Å². The van der Waals surface area contributed by atoms with Gasteiger partial charge in [-0.25, -0.2) is 0 Å². The summed E-state index contributed by atoms with van der Waals surface area (Å²) in [5, 5.41) is 24.5. The summed E-state index contributed by atoms with van der Waals surface area (Å²) in [6.45, 7) is 17.2. The molecule has 4 aromatic carbocycles. The summed E-state index contributed by atoms with van der Waals surface area (Å²) < 4.78 is 0. The molecule has 0 spiro atoms. The second kappa shape index (κ2) is 25.8. The van der Waals surface area contributed by atoms with Gasteiger partial charge in [-0.3, -0.25) is 38.4 Å². The average Bonchev–Trinajstić information content (AvgIpc) is 4.00. The number of amides is 8. The van der Waals surface area contributed by atoms with Crippen molar-refractivity contribution in [2.45, 2.75) is 175 Å². The molecule has 2 heterocycles. The maximum absolute atomic E-state index is 15.0. The minimum Gasteiger partial charge on any atom is -0.347 e. The molecular formula is C64H84N10O8. The number of hydrogen-bond acceptors (Lipinski definition) is 10. The third-order valence-corrected chi connectivity index (χ3v) is 16.7. The molecule has 1 unspecified atom stereocenters. The lowest BCUT2D eigenvalue weighted by Gasteiger charge is -2.42. The normalized spacial score (nSPS) is 21.0. The molecule has 1 fully saturated rings. The number of benzene rings is 4. The zero-order chi connectivity index (χ0) is 59.2. The molecule has 18 heteroatoms. The highest BCUT2D eigenvalue weighted by Crippen LogP contribution is 2.35. The number of nitrogens with one attached hydrogen (secondary N) is 8. The van der Waals surface area contributed by atoms with Crippen LogP contribution in [0, 0.1) is 10.8 Å². The summed E-state index contributed by atoms with van der Waals surface area (Å²) in [6.07, 6.45) is 5.50. The molecule has 18 nitrogen and oxygen atoms in total. The highest BCUT2D eigenvalue weighted by molar-refractivity contribution is 6.05. The number of nitrogens with zero attached hydrogens (tertiary/aromatic N) is 2. The number of hydrogen-bond donors (Lipinski definition) is 8. The van der Waals surface area contributed by atoms with Crippen LogP contribution in [-0.4, -0.2) is 119 Å². The Morgan fingerprint density at radius 1 is 0.585 bits per heavy atom. The molecular weight excluding hydrogens is 1040 g/mol. The summed E-state index contributed by atoms with van der Waals surface area (Å²) >= 11 is 0. The minimum atomic E-state index is -0.977. The van der Waals surface area contributed by atoms with Gasteiger partial charge in [0, 0.05) is 42.4 Å². The molecule has 8 amide bonds. The zero-order valence-corrected chi connectivity index (χ0v) is 49.3. The van der Waals surface area contributed by atoms with Crippen LogP contribution in [0.5, 0.6) is 0 Å². The minimum absolute atomic E-state index is 0.0221. The van der Waals surface area contributed by atoms with E-state index in [1.807, 2.05) is 90.9 Å². The fourth-order valence-corrected chi connectivity index (χ4v) is 11.8. The Morgan fingerprint density at radius 3 is 1.63 bits per heavy atom. The number of likely N-dealkylation sites (N-methyl/N-ethyl adjacent to an activating group) is 2. The zero-order valence-electron chi connectivity index (χ0n) is 49.3. The van der Waals surface area contributed by atoms with E-state index in [9.17, 15) is 38.4 Å². The van der Waals surface area contributed by atoms with Crippen LogP contribution in [0.25, 0.3) is 0 Å². The van der Waals surface area contributed by atoms with Gasteiger partial charge in [0.25, 0.3) is 11.8 Å². The van der Waals surface area contributed by atoms with Crippen LogP contribution in [-0.2, 0) is 54.6 Å². The summed E-state index contributed by atoms with van der Waals surface area (Å²) in [5.41, 5.74) is 5.59. The van der Waals surface area contributed by atoms with E-state index in [1.54, 1.807) is 50.1 Å². The Labute approximate surface area is 482 Å². The average molecular weight is 1120 g/mol. The van der Waals surface area contributed by atoms with Crippen LogP contribution in [0.4, 0.5) is 5.69 Å². The van der Waals surface area contributed by atoms with Crippen LogP contribution in [0.1, 0.15) is 161 Å². The van der Waals surface area contributed by atoms with Crippen LogP contribution < -0.4 is 42.5 Å². The smallest absolute Gasteiger partial charge is 0.255 e. The van der Waals surface area contributed by atoms with Crippen molar-refractivity contribution in [3.05, 3.63) is 136 Å². The molecule has 0 aromatic heterocycles. The third-order valence-electron chi connectivity index (χ3n) is 16.7. The molecule has 2 aliphatic heterocycles. The Bertz CT molecular complexity index is 3040. The molecule has 0 bridgehead atoms. The second-order valence-electron chi connectivity index (χ2n) is 24.8. The van der Waals surface area contributed by atoms with Crippen molar-refractivity contribution in [2.75, 3.05) is 25.5 Å². The second-order valence-corrected chi connectivity index (χ2v) is 24.8. The first-order valence-corrected chi connectivity index (χ1v) is 29.2. The van der Waals surface area contributed by atoms with Crippen molar-refractivity contribution in [3.8, 4) is 0 Å². The first-order chi connectivity index (χ1) is 38.9. The number of carbonyl (C=O) groups excluding carboxylic acids is 8. The first-order valence-electron chi connectivity index (χ1n) is 29.2. The van der Waals surface area contributed by atoms with Gasteiger partial charge >= 0.3 is 0 Å². The molecule has 1 saturated heterocycles. The Hall–Kier alpha value is -7.44. The molecule has 2 aliphatic carbocycles. The predicted molar refractivity (Wildman–Crippen MR) is 315 cm³/mol. The van der Waals surface area contributed by atoms with Gasteiger partial charge in [0.2, 0.25) is 35.4 Å². The van der Waals surface area contributed by atoms with Gasteiger partial charge in [-0.05, 0) is 153 Å². The SMILES string of the molecule is CCN[C@@H](C)C(=O)N[C@H](C(=O)N1Cc2cc(NC(=O)c3ccc(C(=O)N[C@H]4C[C@@H](C(=O)N[C@@H]5CCCc6ccccc65)N(C(=O)C(NC(=O)[C@H](C)NC)C(C)(C)C)C4)cc3)ccc2C[C@H]1C(=O)N[C@@H]1CCCc2ccccc21)C(C)(C)C. The van der Waals surface area contributed by atoms with E-state index in [4.69, 9.17) is 0 Å². The van der Waals surface area contributed by atoms with Gasteiger partial charge in [0.1, 0.15) is 24.2 Å². The molecule has 438 valence electrons. The lowest BCUT2D eigenvalue weighted by molar-refractivity contribution is -0.147. The van der Waals surface area contributed by atoms with Crippen molar-refractivity contribution in [1.82, 2.24) is 47.0 Å². The molecule has 82 heavy (non-hydrogen) atoms. The van der Waals surface area contributed by atoms with E-state index in [-0.39, 0.29) is 72.8 Å². The fourth-order valence-electron chi connectivity index (χ4n) is 11.8. The summed E-state index contributed by atoms with van der Waals surface area (Å²) in [6, 6.07) is 21.7. The third kappa shape index (κ3) is 14.1. The van der Waals surface area contributed by atoms with Crippen molar-refractivity contribution in [1.29, 1.82) is 0 Å². The van der Waals surface area contributed by atoms with Crippen LogP contribution in [0.2, 0.25) is 0 Å². The fraction of sp³-hybridized carbons (Fsp3) is 0.500. The van der Waals surface area contributed by atoms with Crippen molar-refractivity contribution in [2.24, 2.45) is 10.8 Å². The van der Waals surface area contributed by atoms with E-state index in [0.29, 0.717) is 12.2 Å². The highest BCUT2D eigenvalue weighted by atomic mass is 16.2. The number of aryl methyl sites for hydroxylation is 2. The summed E-state index contributed by atoms with van der Waals surface area (Å²) in [4.78, 5) is 116. The van der Waals surface area contributed by atoms with Gasteiger partial charge in [0.05, 0.1) is 24.2 Å². The maximum atomic E-state index is 15.0. The van der Waals surface area contributed by atoms with Gasteiger partial charge in [0.15, 0.2) is 0 Å². The van der Waals surface area contributed by atoms with Crippen molar-refractivity contribution < 1.29 is 38.4 Å². The largest absolute Gasteiger partial charge is 0.347 e. The van der Waals surface area contributed by atoms with E-state index < -0.39 is 76.8 Å². The van der Waals surface area contributed by atoms with Gasteiger partial charge in [-0.1, -0.05) is 103 Å². The predicted octanol–water partition coefficient (Wildman–Crippen LogP) is 5.95. The lowest BCUT2D eigenvalue weighted by atomic mass is 9.83. The molecule has 4 aliphatic rings. The molecule has 0 radical (unpaired) electrons. The van der Waals surface area contributed by atoms with E-state index in [0.717, 1.165) is 60.8 Å². The number of rotatable bonds is 17. The van der Waals surface area contributed by atoms with Crippen molar-refractivity contribution >= 4 is 52.9 Å². The quantitative estimate of drug-likeness (QED) is 0.0619. The van der Waals surface area contributed by atoms with Gasteiger partial charge in [-0.15, -0.1) is 0 Å². The van der Waals surface area contributed by atoms with Crippen LogP contribution >= 0.6 is 0 Å². The number of anilines is 1. The summed E-state index contributed by atoms with van der Waals surface area (Å²) in [5.74, 6) is -3.04. The van der Waals surface area contributed by atoms with Gasteiger partial charge < -0.3 is 52.3 Å². The van der Waals surface area contributed by atoms with E-state index >= 15 is 0 Å². The van der Waals surface area contributed by atoms with Crippen LogP contribution in [0.3, 0.4) is 0 Å². The topological polar surface area (TPSA) is 239 Å². The summed E-state index contributed by atoms with van der Waals surface area (Å²) in [7, 11) is 1.66. The maximum Gasteiger partial charge on any atom is 0.255 e. The number of likely N-dealkylation sites (tertiary alicyclic amines) is 1. The molecule has 9 atom stereocenters. The number of fused-ring (bicyclic) bond motifs is 3. The first kappa shape index (κ1) is 60.7. The Balaban J connectivity index is 0.973. The van der Waals surface area contributed by atoms with Crippen LogP contribution in [0.15, 0.2) is 91.0 Å². The molecule has 0 saturated carbocycles.